The van der Waals surface area contributed by atoms with E-state index in [0.29, 0.717) is 0 Å². The van der Waals surface area contributed by atoms with Gasteiger partial charge in [0.05, 0.1) is 0 Å². The van der Waals surface area contributed by atoms with Crippen molar-refractivity contribution in [2.75, 3.05) is 11.5 Å². The highest BCUT2D eigenvalue weighted by Gasteiger charge is 1.87. The Morgan fingerprint density at radius 3 is 1.62 bits per heavy atom. The molecule has 0 atom stereocenters. The van der Waals surface area contributed by atoms with Crippen LogP contribution in [0.1, 0.15) is 27.7 Å². The average molecular weight is 218 g/mol. The maximum atomic E-state index is 5.28. The van der Waals surface area contributed by atoms with Crippen molar-refractivity contribution in [1.29, 1.82) is 0 Å². The maximum Gasteiger partial charge on any atom is 0.0393 e. The third-order valence-electron chi connectivity index (χ3n) is 1.22. The predicted molar refractivity (Wildman–Crippen MR) is 64.9 cm³/mol. The highest BCUT2D eigenvalue weighted by atomic mass is 32.2. The van der Waals surface area contributed by atoms with Crippen molar-refractivity contribution in [3.05, 3.63) is 23.3 Å². The van der Waals surface area contributed by atoms with Gasteiger partial charge in [0.1, 0.15) is 0 Å². The van der Waals surface area contributed by atoms with Crippen LogP contribution >= 0.6 is 24.1 Å². The molecule has 0 aliphatic rings. The summed E-state index contributed by atoms with van der Waals surface area (Å²) in [5.74, 6) is 1.87. The molecule has 0 saturated carbocycles. The Morgan fingerprint density at radius 1 is 0.923 bits per heavy atom. The first-order chi connectivity index (χ1) is 6.13. The molecule has 0 aliphatic carbocycles. The van der Waals surface area contributed by atoms with Gasteiger partial charge >= 0.3 is 0 Å². The van der Waals surface area contributed by atoms with E-state index in [-0.39, 0.29) is 0 Å². The van der Waals surface area contributed by atoms with Crippen molar-refractivity contribution in [1.82, 2.24) is 0 Å². The monoisotopic (exact) mass is 218 g/mol. The fraction of sp³-hybridized carbons (Fsp3) is 0.600. The smallest absolute Gasteiger partial charge is 0.0393 e. The Balaban J connectivity index is 3.18. The van der Waals surface area contributed by atoms with Gasteiger partial charge in [-0.15, -0.1) is 0 Å². The molecule has 13 heavy (non-hydrogen) atoms. The molecule has 0 radical (unpaired) electrons. The van der Waals surface area contributed by atoms with Gasteiger partial charge in [0.2, 0.25) is 0 Å². The van der Waals surface area contributed by atoms with E-state index in [1.54, 1.807) is 0 Å². The molecule has 0 aromatic rings. The van der Waals surface area contributed by atoms with Crippen molar-refractivity contribution in [2.24, 2.45) is 0 Å². The Kier molecular flexibility index (Phi) is 8.82. The molecule has 0 rings (SSSR count). The van der Waals surface area contributed by atoms with Crippen LogP contribution in [0.5, 0.6) is 0 Å². The Labute approximate surface area is 90.4 Å². The summed E-state index contributed by atoms with van der Waals surface area (Å²) >= 11 is 2.98. The summed E-state index contributed by atoms with van der Waals surface area (Å²) in [5, 5.41) is 0. The minimum atomic E-state index is 0.935. The molecule has 0 unspecified atom stereocenters. The van der Waals surface area contributed by atoms with E-state index >= 15 is 0 Å². The Morgan fingerprint density at radius 2 is 1.31 bits per heavy atom. The molecule has 0 aromatic heterocycles. The molecule has 0 N–H and O–H groups in total. The lowest BCUT2D eigenvalue weighted by Crippen LogP contribution is -1.76. The van der Waals surface area contributed by atoms with Gasteiger partial charge in [0.15, 0.2) is 0 Å². The van der Waals surface area contributed by atoms with Gasteiger partial charge in [-0.1, -0.05) is 23.3 Å². The van der Waals surface area contributed by atoms with Crippen molar-refractivity contribution in [3.8, 4) is 0 Å². The minimum Gasteiger partial charge on any atom is -0.247 e. The standard InChI is InChI=1S/C10H18OS2/c1-9(2)5-7-12-11-13-8-6-10(3)4/h5-6H,7-8H2,1-4H3. The third kappa shape index (κ3) is 12.1. The van der Waals surface area contributed by atoms with E-state index in [9.17, 15) is 0 Å². The predicted octanol–water partition coefficient (Wildman–Crippen LogP) is 4.23. The van der Waals surface area contributed by atoms with Crippen LogP contribution < -0.4 is 0 Å². The second-order valence-electron chi connectivity index (χ2n) is 3.20. The number of allylic oxidation sites excluding steroid dienone is 2. The van der Waals surface area contributed by atoms with Crippen molar-refractivity contribution >= 4 is 24.1 Å². The Bertz CT molecular complexity index is 157. The maximum absolute atomic E-state index is 5.28. The van der Waals surface area contributed by atoms with Crippen LogP contribution in [0.25, 0.3) is 0 Å². The van der Waals surface area contributed by atoms with Crippen LogP contribution in [0.15, 0.2) is 23.3 Å². The van der Waals surface area contributed by atoms with Gasteiger partial charge < -0.3 is 0 Å². The van der Waals surface area contributed by atoms with Crippen LogP contribution in [0.3, 0.4) is 0 Å². The molecule has 0 bridgehead atoms. The zero-order valence-corrected chi connectivity index (χ0v) is 10.4. The highest BCUT2D eigenvalue weighted by molar-refractivity contribution is 8.08. The van der Waals surface area contributed by atoms with E-state index in [4.69, 9.17) is 3.63 Å². The molecule has 0 amide bonds. The first-order valence-corrected chi connectivity index (χ1v) is 6.13. The highest BCUT2D eigenvalue weighted by Crippen LogP contribution is 2.15. The summed E-state index contributed by atoms with van der Waals surface area (Å²) in [7, 11) is 0. The van der Waals surface area contributed by atoms with Crippen LogP contribution in [-0.2, 0) is 3.63 Å². The van der Waals surface area contributed by atoms with E-state index in [1.807, 2.05) is 0 Å². The van der Waals surface area contributed by atoms with Crippen molar-refractivity contribution in [2.45, 2.75) is 27.7 Å². The minimum absolute atomic E-state index is 0.935. The third-order valence-corrected chi connectivity index (χ3v) is 2.59. The average Bonchev–Trinajstić information content (AvgIpc) is 2.01. The molecule has 1 nitrogen and oxygen atoms in total. The van der Waals surface area contributed by atoms with E-state index in [2.05, 4.69) is 39.8 Å². The second kappa shape index (κ2) is 8.73. The van der Waals surface area contributed by atoms with Gasteiger partial charge in [-0.05, 0) is 27.7 Å². The summed E-state index contributed by atoms with van der Waals surface area (Å²) in [6.07, 6.45) is 4.32. The molecule has 0 saturated heterocycles. The lowest BCUT2D eigenvalue weighted by atomic mass is 10.3. The van der Waals surface area contributed by atoms with Gasteiger partial charge in [-0.2, -0.15) is 0 Å². The quantitative estimate of drug-likeness (QED) is 0.375. The van der Waals surface area contributed by atoms with Gasteiger partial charge in [0.25, 0.3) is 0 Å². The molecule has 0 fully saturated rings. The molecule has 0 spiro atoms. The topological polar surface area (TPSA) is 9.23 Å². The zero-order chi connectivity index (χ0) is 10.1. The van der Waals surface area contributed by atoms with Crippen molar-refractivity contribution < 1.29 is 3.63 Å². The second-order valence-corrected chi connectivity index (χ2v) is 4.88. The summed E-state index contributed by atoms with van der Waals surface area (Å²) in [6, 6.07) is 0. The summed E-state index contributed by atoms with van der Waals surface area (Å²) in [5.41, 5.74) is 2.68. The number of hydrogen-bond donors (Lipinski definition) is 0. The molecule has 0 aliphatic heterocycles. The summed E-state index contributed by atoms with van der Waals surface area (Å²) in [4.78, 5) is 0. The largest absolute Gasteiger partial charge is 0.247 e. The van der Waals surface area contributed by atoms with Crippen LogP contribution in [0.4, 0.5) is 0 Å². The first kappa shape index (κ1) is 13.1. The van der Waals surface area contributed by atoms with E-state index in [0.717, 1.165) is 11.5 Å². The molecule has 76 valence electrons. The van der Waals surface area contributed by atoms with Gasteiger partial charge in [-0.25, -0.2) is 3.63 Å². The zero-order valence-electron chi connectivity index (χ0n) is 8.79. The van der Waals surface area contributed by atoms with Gasteiger partial charge in [-0.3, -0.25) is 0 Å². The van der Waals surface area contributed by atoms with E-state index < -0.39 is 0 Å². The fourth-order valence-corrected chi connectivity index (χ4v) is 2.01. The van der Waals surface area contributed by atoms with Gasteiger partial charge in [0, 0.05) is 35.6 Å². The molecule has 0 heterocycles. The lowest BCUT2D eigenvalue weighted by Gasteiger charge is -1.96. The summed E-state index contributed by atoms with van der Waals surface area (Å²) < 4.78 is 5.28. The van der Waals surface area contributed by atoms with Crippen LogP contribution in [-0.4, -0.2) is 11.5 Å². The molecular formula is C10H18OS2. The molecule has 3 heteroatoms. The lowest BCUT2D eigenvalue weighted by molar-refractivity contribution is 0.762. The van der Waals surface area contributed by atoms with Crippen LogP contribution in [0, 0.1) is 0 Å². The van der Waals surface area contributed by atoms with E-state index in [1.165, 1.54) is 35.2 Å². The SMILES string of the molecule is CC(C)=CCSOSCC=C(C)C. The van der Waals surface area contributed by atoms with Crippen molar-refractivity contribution in [3.63, 3.8) is 0 Å². The summed E-state index contributed by atoms with van der Waals surface area (Å²) in [6.45, 7) is 8.38. The molecule has 0 aromatic carbocycles. The normalized spacial score (nSPS) is 9.54. The fourth-order valence-electron chi connectivity index (χ4n) is 0.491. The van der Waals surface area contributed by atoms with Crippen LogP contribution in [0.2, 0.25) is 0 Å². The number of rotatable bonds is 6. The Hall–Kier alpha value is 0.140. The number of hydrogen-bond acceptors (Lipinski definition) is 3. The molecular weight excluding hydrogens is 200 g/mol. The first-order valence-electron chi connectivity index (χ1n) is 4.30.